The molecule has 0 aliphatic heterocycles. The van der Waals surface area contributed by atoms with Crippen LogP contribution in [0.25, 0.3) is 0 Å². The molecule has 0 amide bonds. The maximum atomic E-state index is 11.1. The lowest BCUT2D eigenvalue weighted by molar-refractivity contribution is -0.385. The Balaban J connectivity index is 1.72. The molecule has 12 nitrogen and oxygen atoms in total. The maximum Gasteiger partial charge on any atom is 0.269 e. The number of benzene rings is 3. The first kappa shape index (κ1) is 26.1. The van der Waals surface area contributed by atoms with E-state index in [1.807, 2.05) is 6.08 Å². The van der Waals surface area contributed by atoms with E-state index in [1.165, 1.54) is 36.4 Å². The first-order valence-electron chi connectivity index (χ1n) is 11.7. The molecule has 3 aromatic rings. The number of nitro benzene ring substituents is 3. The van der Waals surface area contributed by atoms with E-state index in [0.717, 1.165) is 5.70 Å². The molecule has 0 unspecified atom stereocenters. The minimum atomic E-state index is -0.892. The summed E-state index contributed by atoms with van der Waals surface area (Å²) < 4.78 is 0. The van der Waals surface area contributed by atoms with Gasteiger partial charge in [-0.15, -0.1) is 0 Å². The fraction of sp³-hybridized carbons (Fsp3) is 0.231. The number of nitrogens with zero attached hydrogens (tertiary/aromatic N) is 3. The van der Waals surface area contributed by atoms with Crippen LogP contribution in [0, 0.1) is 35.8 Å². The fourth-order valence-corrected chi connectivity index (χ4v) is 4.70. The first-order valence-corrected chi connectivity index (χ1v) is 11.7. The largest absolute Gasteiger partial charge is 0.360 e. The smallest absolute Gasteiger partial charge is 0.269 e. The van der Waals surface area contributed by atoms with Crippen LogP contribution in [0.2, 0.25) is 0 Å². The molecule has 0 fully saturated rings. The highest BCUT2D eigenvalue weighted by atomic mass is 16.6. The van der Waals surface area contributed by atoms with Crippen molar-refractivity contribution in [2.75, 3.05) is 16.0 Å². The molecule has 4 rings (SSSR count). The molecule has 1 aliphatic carbocycles. The lowest BCUT2D eigenvalue weighted by Crippen LogP contribution is -2.50. The van der Waals surface area contributed by atoms with Gasteiger partial charge in [-0.2, -0.15) is 0 Å². The molecule has 0 bridgehead atoms. The third-order valence-corrected chi connectivity index (χ3v) is 6.12. The van der Waals surface area contributed by atoms with E-state index in [-0.39, 0.29) is 22.5 Å². The van der Waals surface area contributed by atoms with Crippen LogP contribution in [0.3, 0.4) is 0 Å². The number of hydrogen-bond donors (Lipinski definition) is 3. The number of nitro groups is 3. The molecular formula is C26H26N6O6. The van der Waals surface area contributed by atoms with Crippen molar-refractivity contribution < 1.29 is 14.8 Å². The molecule has 12 heteroatoms. The van der Waals surface area contributed by atoms with E-state index in [1.54, 1.807) is 36.4 Å². The molecule has 196 valence electrons. The molecule has 0 atom stereocenters. The summed E-state index contributed by atoms with van der Waals surface area (Å²) in [6.07, 6.45) is 3.25. The van der Waals surface area contributed by atoms with Gasteiger partial charge in [-0.1, -0.05) is 13.8 Å². The maximum absolute atomic E-state index is 11.1. The van der Waals surface area contributed by atoms with Gasteiger partial charge >= 0.3 is 0 Å². The normalized spacial score (nSPS) is 15.6. The summed E-state index contributed by atoms with van der Waals surface area (Å²) in [5.74, 6) is 0. The Morgan fingerprint density at radius 3 is 1.37 bits per heavy atom. The first-order chi connectivity index (χ1) is 17.9. The van der Waals surface area contributed by atoms with E-state index in [2.05, 4.69) is 29.8 Å². The van der Waals surface area contributed by atoms with E-state index >= 15 is 0 Å². The average molecular weight is 519 g/mol. The summed E-state index contributed by atoms with van der Waals surface area (Å²) in [6.45, 7) is 4.20. The van der Waals surface area contributed by atoms with Crippen molar-refractivity contribution in [2.24, 2.45) is 5.41 Å². The van der Waals surface area contributed by atoms with Gasteiger partial charge in [-0.3, -0.25) is 30.3 Å². The zero-order valence-corrected chi connectivity index (χ0v) is 20.7. The minimum absolute atomic E-state index is 0.0116. The van der Waals surface area contributed by atoms with Gasteiger partial charge in [0, 0.05) is 59.2 Å². The highest BCUT2D eigenvalue weighted by molar-refractivity contribution is 5.60. The van der Waals surface area contributed by atoms with Crippen LogP contribution in [-0.2, 0) is 0 Å². The van der Waals surface area contributed by atoms with Crippen LogP contribution in [-0.4, -0.2) is 20.4 Å². The Kier molecular flexibility index (Phi) is 6.98. The Morgan fingerprint density at radius 2 is 1.00 bits per heavy atom. The topological polar surface area (TPSA) is 166 Å². The van der Waals surface area contributed by atoms with E-state index in [0.29, 0.717) is 29.9 Å². The van der Waals surface area contributed by atoms with Gasteiger partial charge in [-0.05, 0) is 60.7 Å². The summed E-state index contributed by atoms with van der Waals surface area (Å²) in [6, 6.07) is 18.3. The highest BCUT2D eigenvalue weighted by Crippen LogP contribution is 2.43. The van der Waals surface area contributed by atoms with Crippen LogP contribution in [0.15, 0.2) is 84.6 Å². The van der Waals surface area contributed by atoms with Crippen molar-refractivity contribution in [1.82, 2.24) is 0 Å². The zero-order chi connectivity index (χ0) is 27.5. The third-order valence-electron chi connectivity index (χ3n) is 6.12. The zero-order valence-electron chi connectivity index (χ0n) is 20.7. The van der Waals surface area contributed by atoms with Crippen LogP contribution in [0.1, 0.15) is 26.7 Å². The summed E-state index contributed by atoms with van der Waals surface area (Å²) in [4.78, 5) is 31.8. The highest BCUT2D eigenvalue weighted by Gasteiger charge is 2.40. The van der Waals surface area contributed by atoms with Gasteiger partial charge in [-0.25, -0.2) is 0 Å². The Bertz CT molecular complexity index is 1330. The second-order valence-corrected chi connectivity index (χ2v) is 9.95. The molecule has 3 aromatic carbocycles. The molecule has 0 aromatic heterocycles. The number of allylic oxidation sites excluding steroid dienone is 1. The van der Waals surface area contributed by atoms with E-state index in [4.69, 9.17) is 0 Å². The fourth-order valence-electron chi connectivity index (χ4n) is 4.70. The molecular weight excluding hydrogens is 492 g/mol. The monoisotopic (exact) mass is 518 g/mol. The van der Waals surface area contributed by atoms with Crippen LogP contribution in [0.4, 0.5) is 34.1 Å². The van der Waals surface area contributed by atoms with Gasteiger partial charge in [0.1, 0.15) is 5.66 Å². The number of non-ortho nitro benzene ring substituents is 3. The Hall–Kier alpha value is -5.00. The SMILES string of the molecule is CC1(C)CC(Nc2ccc([N+](=O)[O-])cc2)=CC(Nc2ccc([N+](=O)[O-])cc2)(Nc2ccc([N+](=O)[O-])cc2)C1. The minimum Gasteiger partial charge on any atom is -0.360 e. The molecule has 38 heavy (non-hydrogen) atoms. The molecule has 0 radical (unpaired) electrons. The molecule has 1 aliphatic rings. The van der Waals surface area contributed by atoms with Gasteiger partial charge in [0.15, 0.2) is 0 Å². The number of rotatable bonds is 9. The van der Waals surface area contributed by atoms with E-state index in [9.17, 15) is 30.3 Å². The summed E-state index contributed by atoms with van der Waals surface area (Å²) >= 11 is 0. The standard InChI is InChI=1S/C26H26N6O6/c1-25(2)15-21(27-18-3-9-22(10-4-18)30(33)34)16-26(17-25,28-19-5-11-23(12-6-19)31(35)36)29-20-7-13-24(14-8-20)32(37)38/h3-14,16,27-29H,15,17H2,1-2H3. The van der Waals surface area contributed by atoms with Crippen LogP contribution >= 0.6 is 0 Å². The predicted octanol–water partition coefficient (Wildman–Crippen LogP) is 6.45. The Morgan fingerprint density at radius 1 is 0.632 bits per heavy atom. The lowest BCUT2D eigenvalue weighted by atomic mass is 9.74. The summed E-state index contributed by atoms with van der Waals surface area (Å²) in [7, 11) is 0. The van der Waals surface area contributed by atoms with Crippen molar-refractivity contribution in [2.45, 2.75) is 32.4 Å². The van der Waals surface area contributed by atoms with Crippen molar-refractivity contribution in [3.05, 3.63) is 115 Å². The summed E-state index contributed by atoms with van der Waals surface area (Å²) in [5, 5.41) is 43.5. The molecule has 0 saturated heterocycles. The van der Waals surface area contributed by atoms with Crippen molar-refractivity contribution in [1.29, 1.82) is 0 Å². The van der Waals surface area contributed by atoms with Crippen molar-refractivity contribution in [3.8, 4) is 0 Å². The van der Waals surface area contributed by atoms with Gasteiger partial charge in [0.05, 0.1) is 14.8 Å². The number of hydrogen-bond acceptors (Lipinski definition) is 9. The van der Waals surface area contributed by atoms with Crippen molar-refractivity contribution in [3.63, 3.8) is 0 Å². The summed E-state index contributed by atoms with van der Waals surface area (Å²) in [5.41, 5.74) is 1.58. The number of nitrogens with one attached hydrogen (secondary N) is 3. The van der Waals surface area contributed by atoms with E-state index < -0.39 is 20.4 Å². The third kappa shape index (κ3) is 6.22. The van der Waals surface area contributed by atoms with Crippen LogP contribution in [0.5, 0.6) is 0 Å². The molecule has 3 N–H and O–H groups in total. The molecule has 0 heterocycles. The number of anilines is 3. The predicted molar refractivity (Wildman–Crippen MR) is 144 cm³/mol. The molecule has 0 spiro atoms. The second-order valence-electron chi connectivity index (χ2n) is 9.95. The van der Waals surface area contributed by atoms with Crippen molar-refractivity contribution >= 4 is 34.1 Å². The lowest BCUT2D eigenvalue weighted by Gasteiger charge is -2.45. The van der Waals surface area contributed by atoms with Crippen LogP contribution < -0.4 is 16.0 Å². The average Bonchev–Trinajstić information content (AvgIpc) is 2.84. The molecule has 0 saturated carbocycles. The Labute approximate surface area is 217 Å². The quantitative estimate of drug-likeness (QED) is 0.164. The second kappa shape index (κ2) is 10.2. The van der Waals surface area contributed by atoms with Gasteiger partial charge in [0.25, 0.3) is 17.1 Å². The van der Waals surface area contributed by atoms with Gasteiger partial charge in [0.2, 0.25) is 0 Å². The van der Waals surface area contributed by atoms with Gasteiger partial charge < -0.3 is 16.0 Å².